The lowest BCUT2D eigenvalue weighted by atomic mass is 9.89. The average Bonchev–Trinajstić information content (AvgIpc) is 3.43. The molecule has 2 aliphatic rings. The van der Waals surface area contributed by atoms with Crippen LogP contribution in [0.4, 0.5) is 17.1 Å². The predicted octanol–water partition coefficient (Wildman–Crippen LogP) is 4.23. The zero-order chi connectivity index (χ0) is 26.3. The van der Waals surface area contributed by atoms with E-state index in [1.165, 1.54) is 31.4 Å². The van der Waals surface area contributed by atoms with E-state index >= 15 is 0 Å². The van der Waals surface area contributed by atoms with Crippen LogP contribution in [0, 0.1) is 16.0 Å². The fraction of sp³-hybridized carbons (Fsp3) is 0.259. The summed E-state index contributed by atoms with van der Waals surface area (Å²) in [4.78, 5) is 46.2. The number of para-hydroxylation sites is 1. The first-order chi connectivity index (χ1) is 17.9. The molecule has 2 aliphatic heterocycles. The van der Waals surface area contributed by atoms with Crippen molar-refractivity contribution in [3.05, 3.63) is 88.0 Å². The van der Waals surface area contributed by atoms with Gasteiger partial charge in [-0.1, -0.05) is 37.3 Å². The maximum atomic E-state index is 13.8. The number of carbonyl (C=O) groups excluding carboxylic acids is 2. The predicted molar refractivity (Wildman–Crippen MR) is 135 cm³/mol. The number of nitro groups is 1. The van der Waals surface area contributed by atoms with E-state index in [4.69, 9.17) is 14.3 Å². The summed E-state index contributed by atoms with van der Waals surface area (Å²) in [6.45, 7) is 2.01. The number of imide groups is 1. The summed E-state index contributed by atoms with van der Waals surface area (Å²) in [7, 11) is 2.80. The number of ether oxygens (including phenoxy) is 2. The molecule has 0 unspecified atom stereocenters. The van der Waals surface area contributed by atoms with Crippen molar-refractivity contribution in [2.75, 3.05) is 24.2 Å². The number of rotatable bonds is 7. The van der Waals surface area contributed by atoms with Crippen LogP contribution in [0.25, 0.3) is 0 Å². The summed E-state index contributed by atoms with van der Waals surface area (Å²) in [5.41, 5.74) is 1.93. The Morgan fingerprint density at radius 1 is 0.919 bits per heavy atom. The van der Waals surface area contributed by atoms with Gasteiger partial charge in [-0.15, -0.1) is 0 Å². The van der Waals surface area contributed by atoms with Crippen molar-refractivity contribution in [2.24, 2.45) is 5.92 Å². The van der Waals surface area contributed by atoms with E-state index in [0.29, 0.717) is 11.4 Å². The SMILES string of the molecule is CCc1ccc(N2C(=O)[C@H]3[C@H](ON(c4ccccc4)[C@@H]3c3cc(OC)c(OC)cc3[N+](=O)[O-])C2=O)cc1. The van der Waals surface area contributed by atoms with Gasteiger partial charge >= 0.3 is 0 Å². The first-order valence-electron chi connectivity index (χ1n) is 11.8. The number of aryl methyl sites for hydroxylation is 1. The Balaban J connectivity index is 1.66. The Hall–Kier alpha value is -4.44. The van der Waals surface area contributed by atoms with E-state index in [0.717, 1.165) is 16.9 Å². The third-order valence-electron chi connectivity index (χ3n) is 6.78. The number of amides is 2. The fourth-order valence-electron chi connectivity index (χ4n) is 4.94. The van der Waals surface area contributed by atoms with E-state index in [2.05, 4.69) is 0 Å². The topological polar surface area (TPSA) is 111 Å². The highest BCUT2D eigenvalue weighted by atomic mass is 16.7. The lowest BCUT2D eigenvalue weighted by Gasteiger charge is -2.29. The average molecular weight is 504 g/mol. The van der Waals surface area contributed by atoms with Crippen molar-refractivity contribution >= 4 is 28.9 Å². The van der Waals surface area contributed by atoms with Gasteiger partial charge in [0.2, 0.25) is 5.91 Å². The molecule has 0 spiro atoms. The molecule has 5 rings (SSSR count). The maximum Gasteiger partial charge on any atom is 0.278 e. The van der Waals surface area contributed by atoms with Crippen LogP contribution in [0.2, 0.25) is 0 Å². The van der Waals surface area contributed by atoms with Crippen molar-refractivity contribution in [1.82, 2.24) is 0 Å². The highest BCUT2D eigenvalue weighted by molar-refractivity contribution is 6.24. The molecule has 3 aromatic rings. The van der Waals surface area contributed by atoms with Crippen LogP contribution in [0.15, 0.2) is 66.7 Å². The molecule has 10 heteroatoms. The molecular weight excluding hydrogens is 478 g/mol. The number of carbonyl (C=O) groups is 2. The maximum absolute atomic E-state index is 13.8. The van der Waals surface area contributed by atoms with Gasteiger partial charge in [-0.2, -0.15) is 0 Å². The zero-order valence-electron chi connectivity index (χ0n) is 20.5. The third-order valence-corrected chi connectivity index (χ3v) is 6.78. The van der Waals surface area contributed by atoms with E-state index in [1.54, 1.807) is 36.4 Å². The summed E-state index contributed by atoms with van der Waals surface area (Å²) in [5, 5.41) is 13.6. The molecular formula is C27H25N3O7. The molecule has 0 aliphatic carbocycles. The van der Waals surface area contributed by atoms with Crippen molar-refractivity contribution in [3.8, 4) is 11.5 Å². The molecule has 0 bridgehead atoms. The first kappa shape index (κ1) is 24.3. The van der Waals surface area contributed by atoms with Crippen LogP contribution in [0.5, 0.6) is 11.5 Å². The minimum Gasteiger partial charge on any atom is -0.493 e. The molecule has 3 aromatic carbocycles. The zero-order valence-corrected chi connectivity index (χ0v) is 20.5. The summed E-state index contributed by atoms with van der Waals surface area (Å²) in [6.07, 6.45) is -0.343. The summed E-state index contributed by atoms with van der Waals surface area (Å²) in [6, 6.07) is 17.8. The molecule has 2 amide bonds. The fourth-order valence-corrected chi connectivity index (χ4v) is 4.94. The Kier molecular flexibility index (Phi) is 6.26. The monoisotopic (exact) mass is 503 g/mol. The standard InChI is InChI=1S/C27H25N3O7/c1-4-16-10-12-17(13-11-16)28-26(31)23-24(19-14-21(35-2)22(36-3)15-20(19)30(33)34)29(37-25(23)27(28)32)18-8-6-5-7-9-18/h5-15,23-25H,4H2,1-3H3/t23-,24-,25+/m1/s1. The molecule has 2 fully saturated rings. The smallest absolute Gasteiger partial charge is 0.278 e. The van der Waals surface area contributed by atoms with Gasteiger partial charge < -0.3 is 9.47 Å². The molecule has 3 atom stereocenters. The van der Waals surface area contributed by atoms with Crippen molar-refractivity contribution in [3.63, 3.8) is 0 Å². The quantitative estimate of drug-likeness (QED) is 0.268. The number of hydrogen-bond donors (Lipinski definition) is 0. The summed E-state index contributed by atoms with van der Waals surface area (Å²) >= 11 is 0. The van der Waals surface area contributed by atoms with Gasteiger partial charge in [0.25, 0.3) is 11.6 Å². The lowest BCUT2D eigenvalue weighted by Crippen LogP contribution is -2.37. The van der Waals surface area contributed by atoms with Gasteiger partial charge in [0, 0.05) is 0 Å². The van der Waals surface area contributed by atoms with Crippen LogP contribution in [-0.4, -0.2) is 37.1 Å². The van der Waals surface area contributed by atoms with Gasteiger partial charge in [0.15, 0.2) is 17.6 Å². The molecule has 10 nitrogen and oxygen atoms in total. The third kappa shape index (κ3) is 3.95. The van der Waals surface area contributed by atoms with Crippen LogP contribution in [0.1, 0.15) is 24.1 Å². The minimum absolute atomic E-state index is 0.170. The van der Waals surface area contributed by atoms with Gasteiger partial charge in [-0.3, -0.25) is 24.5 Å². The number of hydrogen-bond acceptors (Lipinski definition) is 8. The van der Waals surface area contributed by atoms with Crippen LogP contribution >= 0.6 is 0 Å². The highest BCUT2D eigenvalue weighted by Crippen LogP contribution is 2.51. The molecule has 190 valence electrons. The highest BCUT2D eigenvalue weighted by Gasteiger charge is 2.61. The van der Waals surface area contributed by atoms with Gasteiger partial charge in [-0.05, 0) is 42.3 Å². The van der Waals surface area contributed by atoms with E-state index in [9.17, 15) is 19.7 Å². The molecule has 37 heavy (non-hydrogen) atoms. The Morgan fingerprint density at radius 3 is 2.16 bits per heavy atom. The number of nitro benzene ring substituents is 1. The van der Waals surface area contributed by atoms with Gasteiger partial charge in [-0.25, -0.2) is 9.96 Å². The number of nitrogens with zero attached hydrogens (tertiary/aromatic N) is 3. The van der Waals surface area contributed by atoms with Gasteiger partial charge in [0.05, 0.1) is 42.1 Å². The molecule has 0 aromatic heterocycles. The number of benzene rings is 3. The summed E-state index contributed by atoms with van der Waals surface area (Å²) in [5.74, 6) is -1.62. The van der Waals surface area contributed by atoms with Crippen LogP contribution in [0.3, 0.4) is 0 Å². The second kappa shape index (κ2) is 9.55. The van der Waals surface area contributed by atoms with Crippen molar-refractivity contribution in [1.29, 1.82) is 0 Å². The second-order valence-electron chi connectivity index (χ2n) is 8.71. The number of methoxy groups -OCH3 is 2. The first-order valence-corrected chi connectivity index (χ1v) is 11.8. The van der Waals surface area contributed by atoms with Crippen LogP contribution in [-0.2, 0) is 20.8 Å². The van der Waals surface area contributed by atoms with E-state index < -0.39 is 34.8 Å². The second-order valence-corrected chi connectivity index (χ2v) is 8.71. The van der Waals surface area contributed by atoms with Crippen molar-refractivity contribution in [2.45, 2.75) is 25.5 Å². The largest absolute Gasteiger partial charge is 0.493 e. The van der Waals surface area contributed by atoms with Crippen LogP contribution < -0.4 is 19.4 Å². The Bertz CT molecular complexity index is 1360. The molecule has 0 saturated carbocycles. The number of anilines is 2. The number of hydroxylamine groups is 1. The summed E-state index contributed by atoms with van der Waals surface area (Å²) < 4.78 is 10.7. The van der Waals surface area contributed by atoms with Crippen molar-refractivity contribution < 1.29 is 28.8 Å². The van der Waals surface area contributed by atoms with E-state index in [-0.39, 0.29) is 22.7 Å². The van der Waals surface area contributed by atoms with E-state index in [1.807, 2.05) is 25.1 Å². The van der Waals surface area contributed by atoms with Gasteiger partial charge in [0.1, 0.15) is 12.0 Å². The number of fused-ring (bicyclic) bond motifs is 1. The minimum atomic E-state index is -1.16. The molecule has 0 radical (unpaired) electrons. The molecule has 2 saturated heterocycles. The normalized spacial score (nSPS) is 20.8. The Labute approximate surface area is 213 Å². The Morgan fingerprint density at radius 2 is 1.57 bits per heavy atom. The molecule has 2 heterocycles. The molecule has 0 N–H and O–H groups in total. The lowest BCUT2D eigenvalue weighted by molar-refractivity contribution is -0.385.